The number of aryl methyl sites for hydroxylation is 1. The summed E-state index contributed by atoms with van der Waals surface area (Å²) in [5, 5.41) is 1.01. The third-order valence-corrected chi connectivity index (χ3v) is 3.02. The van der Waals surface area contributed by atoms with Crippen LogP contribution in [0.3, 0.4) is 0 Å². The van der Waals surface area contributed by atoms with Crippen LogP contribution in [0.5, 0.6) is 11.5 Å². The summed E-state index contributed by atoms with van der Waals surface area (Å²) in [6.45, 7) is 8.34. The van der Waals surface area contributed by atoms with Gasteiger partial charge in [0.2, 0.25) is 0 Å². The maximum atomic E-state index is 5.36. The molecule has 0 fully saturated rings. The van der Waals surface area contributed by atoms with Crippen LogP contribution < -0.4 is 9.47 Å². The van der Waals surface area contributed by atoms with Crippen molar-refractivity contribution in [3.63, 3.8) is 0 Å². The lowest BCUT2D eigenvalue weighted by Gasteiger charge is -2.21. The van der Waals surface area contributed by atoms with Gasteiger partial charge in [-0.1, -0.05) is 20.8 Å². The molecule has 0 unspecified atom stereocenters. The minimum Gasteiger partial charge on any atom is -0.493 e. The van der Waals surface area contributed by atoms with Crippen molar-refractivity contribution in [2.24, 2.45) is 0 Å². The van der Waals surface area contributed by atoms with Crippen LogP contribution in [0.1, 0.15) is 32.3 Å². The molecular formula is C15H20N2O2. The predicted molar refractivity (Wildman–Crippen MR) is 76.1 cm³/mol. The molecule has 102 valence electrons. The van der Waals surface area contributed by atoms with E-state index in [-0.39, 0.29) is 5.41 Å². The van der Waals surface area contributed by atoms with Crippen molar-refractivity contribution in [1.82, 2.24) is 9.97 Å². The summed E-state index contributed by atoms with van der Waals surface area (Å²) in [7, 11) is 3.26. The summed E-state index contributed by atoms with van der Waals surface area (Å²) in [4.78, 5) is 9.08. The summed E-state index contributed by atoms with van der Waals surface area (Å²) in [6.07, 6.45) is 0. The number of aromatic nitrogens is 2. The Morgan fingerprint density at radius 3 is 2.05 bits per heavy atom. The van der Waals surface area contributed by atoms with Crippen molar-refractivity contribution in [3.05, 3.63) is 23.7 Å². The van der Waals surface area contributed by atoms with Crippen LogP contribution in [0, 0.1) is 6.92 Å². The molecule has 0 spiro atoms. The molecule has 1 heterocycles. The first-order valence-corrected chi connectivity index (χ1v) is 6.27. The normalized spacial score (nSPS) is 11.7. The van der Waals surface area contributed by atoms with Gasteiger partial charge >= 0.3 is 0 Å². The molecule has 19 heavy (non-hydrogen) atoms. The van der Waals surface area contributed by atoms with Crippen LogP contribution >= 0.6 is 0 Å². The van der Waals surface area contributed by atoms with Crippen LogP contribution in [-0.2, 0) is 5.41 Å². The molecule has 0 aliphatic heterocycles. The molecule has 1 aromatic carbocycles. The van der Waals surface area contributed by atoms with Crippen LogP contribution in [0.15, 0.2) is 12.1 Å². The molecule has 0 atom stereocenters. The fraction of sp³-hybridized carbons (Fsp3) is 0.467. The molecule has 0 aliphatic carbocycles. The Morgan fingerprint density at radius 2 is 1.53 bits per heavy atom. The monoisotopic (exact) mass is 260 g/mol. The molecule has 0 bridgehead atoms. The number of ether oxygens (including phenoxy) is 2. The minimum atomic E-state index is -0.0500. The van der Waals surface area contributed by atoms with Crippen molar-refractivity contribution >= 4 is 10.9 Å². The summed E-state index contributed by atoms with van der Waals surface area (Å²) in [5.41, 5.74) is 1.86. The zero-order chi connectivity index (χ0) is 14.2. The summed E-state index contributed by atoms with van der Waals surface area (Å²) in [6, 6.07) is 3.85. The highest BCUT2D eigenvalue weighted by Crippen LogP contribution is 2.35. The molecular weight excluding hydrogens is 240 g/mol. The summed E-state index contributed by atoms with van der Waals surface area (Å²) >= 11 is 0. The zero-order valence-corrected chi connectivity index (χ0v) is 12.4. The van der Waals surface area contributed by atoms with E-state index in [4.69, 9.17) is 9.47 Å². The number of hydrogen-bond acceptors (Lipinski definition) is 4. The fourth-order valence-corrected chi connectivity index (χ4v) is 2.14. The standard InChI is InChI=1S/C15H20N2O2/c1-9-16-11-8-13(19-6)12(18-5)7-10(11)14(17-9)15(2,3)4/h7-8H,1-6H3. The second-order valence-corrected chi connectivity index (χ2v) is 5.59. The minimum absolute atomic E-state index is 0.0500. The van der Waals surface area contributed by atoms with Crippen LogP contribution in [0.25, 0.3) is 10.9 Å². The second kappa shape index (κ2) is 4.68. The SMILES string of the molecule is COc1cc2nc(C)nc(C(C)(C)C)c2cc1OC. The van der Waals surface area contributed by atoms with Crippen molar-refractivity contribution in [2.75, 3.05) is 14.2 Å². The van der Waals surface area contributed by atoms with Crippen molar-refractivity contribution in [3.8, 4) is 11.5 Å². The number of methoxy groups -OCH3 is 2. The highest BCUT2D eigenvalue weighted by molar-refractivity contribution is 5.85. The maximum Gasteiger partial charge on any atom is 0.162 e. The van der Waals surface area contributed by atoms with Gasteiger partial charge in [-0.2, -0.15) is 0 Å². The highest BCUT2D eigenvalue weighted by Gasteiger charge is 2.21. The predicted octanol–water partition coefficient (Wildman–Crippen LogP) is 3.25. The van der Waals surface area contributed by atoms with E-state index in [9.17, 15) is 0 Å². The molecule has 0 amide bonds. The lowest BCUT2D eigenvalue weighted by atomic mass is 9.89. The molecule has 4 nitrogen and oxygen atoms in total. The molecule has 4 heteroatoms. The van der Waals surface area contributed by atoms with E-state index in [0.29, 0.717) is 11.5 Å². The van der Waals surface area contributed by atoms with Gasteiger partial charge < -0.3 is 9.47 Å². The molecule has 0 N–H and O–H groups in total. The first-order valence-electron chi connectivity index (χ1n) is 6.27. The quantitative estimate of drug-likeness (QED) is 0.831. The third kappa shape index (κ3) is 2.48. The summed E-state index contributed by atoms with van der Waals surface area (Å²) in [5.74, 6) is 2.16. The van der Waals surface area contributed by atoms with E-state index in [1.165, 1.54) is 0 Å². The number of hydrogen-bond donors (Lipinski definition) is 0. The Labute approximate surface area is 113 Å². The Hall–Kier alpha value is -1.84. The average Bonchev–Trinajstić information content (AvgIpc) is 2.34. The van der Waals surface area contributed by atoms with Crippen molar-refractivity contribution in [2.45, 2.75) is 33.1 Å². The largest absolute Gasteiger partial charge is 0.493 e. The molecule has 2 aromatic rings. The van der Waals surface area contributed by atoms with E-state index in [1.54, 1.807) is 14.2 Å². The van der Waals surface area contributed by atoms with E-state index >= 15 is 0 Å². The van der Waals surface area contributed by atoms with Gasteiger partial charge in [0.1, 0.15) is 5.82 Å². The van der Waals surface area contributed by atoms with Crippen molar-refractivity contribution in [1.29, 1.82) is 0 Å². The average molecular weight is 260 g/mol. The summed E-state index contributed by atoms with van der Waals surface area (Å²) < 4.78 is 10.7. The first kappa shape index (κ1) is 13.6. The van der Waals surface area contributed by atoms with Gasteiger partial charge in [-0.05, 0) is 13.0 Å². The smallest absolute Gasteiger partial charge is 0.162 e. The number of benzene rings is 1. The molecule has 1 aromatic heterocycles. The van der Waals surface area contributed by atoms with Crippen molar-refractivity contribution < 1.29 is 9.47 Å². The molecule has 0 aliphatic rings. The first-order chi connectivity index (χ1) is 8.86. The van der Waals surface area contributed by atoms with Gasteiger partial charge in [0, 0.05) is 16.9 Å². The Kier molecular flexibility index (Phi) is 3.35. The lowest BCUT2D eigenvalue weighted by Crippen LogP contribution is -2.15. The maximum absolute atomic E-state index is 5.36. The van der Waals surface area contributed by atoms with Gasteiger partial charge in [0.15, 0.2) is 11.5 Å². The number of rotatable bonds is 2. The molecule has 0 radical (unpaired) electrons. The van der Waals surface area contributed by atoms with E-state index in [2.05, 4.69) is 30.7 Å². The Morgan fingerprint density at radius 1 is 0.947 bits per heavy atom. The van der Waals surface area contributed by atoms with Gasteiger partial charge in [-0.15, -0.1) is 0 Å². The molecule has 0 saturated heterocycles. The zero-order valence-electron chi connectivity index (χ0n) is 12.4. The van der Waals surface area contributed by atoms with Gasteiger partial charge in [0.25, 0.3) is 0 Å². The topological polar surface area (TPSA) is 44.2 Å². The van der Waals surface area contributed by atoms with E-state index < -0.39 is 0 Å². The number of fused-ring (bicyclic) bond motifs is 1. The lowest BCUT2D eigenvalue weighted by molar-refractivity contribution is 0.355. The van der Waals surface area contributed by atoms with Gasteiger partial charge in [0.05, 0.1) is 25.4 Å². The third-order valence-electron chi connectivity index (χ3n) is 3.02. The highest BCUT2D eigenvalue weighted by atomic mass is 16.5. The van der Waals surface area contributed by atoms with Crippen LogP contribution in [0.2, 0.25) is 0 Å². The van der Waals surface area contributed by atoms with Gasteiger partial charge in [-0.25, -0.2) is 9.97 Å². The molecule has 0 saturated carbocycles. The van der Waals surface area contributed by atoms with Crippen LogP contribution in [0.4, 0.5) is 0 Å². The Balaban J connectivity index is 2.83. The second-order valence-electron chi connectivity index (χ2n) is 5.59. The van der Waals surface area contributed by atoms with Gasteiger partial charge in [-0.3, -0.25) is 0 Å². The molecule has 2 rings (SSSR count). The van der Waals surface area contributed by atoms with E-state index in [1.807, 2.05) is 19.1 Å². The Bertz CT molecular complexity index is 616. The fourth-order valence-electron chi connectivity index (χ4n) is 2.14. The number of nitrogens with zero attached hydrogens (tertiary/aromatic N) is 2. The van der Waals surface area contributed by atoms with E-state index in [0.717, 1.165) is 22.4 Å². The van der Waals surface area contributed by atoms with Crippen LogP contribution in [-0.4, -0.2) is 24.2 Å².